The SMILES string of the molecule is CC(C)[C@H]1C(=O)N(S(C)(=O)=O)[C@H]2CCN(C(=O)c3cnc(CN4CCCCC4)cn3)[C@H]12.Cl. The Morgan fingerprint density at radius 1 is 1.12 bits per heavy atom. The van der Waals surface area contributed by atoms with Gasteiger partial charge in [0, 0.05) is 13.1 Å². The average molecular weight is 486 g/mol. The van der Waals surface area contributed by atoms with E-state index in [9.17, 15) is 18.0 Å². The summed E-state index contributed by atoms with van der Waals surface area (Å²) in [6.45, 7) is 7.02. The van der Waals surface area contributed by atoms with Gasteiger partial charge in [0.05, 0.1) is 42.3 Å². The van der Waals surface area contributed by atoms with E-state index in [1.54, 1.807) is 11.1 Å². The van der Waals surface area contributed by atoms with Crippen molar-refractivity contribution in [3.63, 3.8) is 0 Å². The van der Waals surface area contributed by atoms with Crippen molar-refractivity contribution in [1.29, 1.82) is 0 Å². The Bertz CT molecular complexity index is 949. The predicted molar refractivity (Wildman–Crippen MR) is 122 cm³/mol. The molecule has 0 unspecified atom stereocenters. The van der Waals surface area contributed by atoms with Gasteiger partial charge in [-0.25, -0.2) is 17.7 Å². The number of likely N-dealkylation sites (tertiary alicyclic amines) is 2. The van der Waals surface area contributed by atoms with E-state index in [4.69, 9.17) is 0 Å². The van der Waals surface area contributed by atoms with Crippen LogP contribution in [0.15, 0.2) is 12.4 Å². The van der Waals surface area contributed by atoms with Crippen LogP contribution in [0.2, 0.25) is 0 Å². The van der Waals surface area contributed by atoms with Gasteiger partial charge in [0.1, 0.15) is 5.69 Å². The summed E-state index contributed by atoms with van der Waals surface area (Å²) in [4.78, 5) is 39.0. The van der Waals surface area contributed by atoms with Crippen molar-refractivity contribution < 1.29 is 18.0 Å². The molecule has 3 saturated heterocycles. The summed E-state index contributed by atoms with van der Waals surface area (Å²) >= 11 is 0. The first-order valence-corrected chi connectivity index (χ1v) is 12.9. The molecule has 11 heteroatoms. The van der Waals surface area contributed by atoms with E-state index < -0.39 is 33.9 Å². The van der Waals surface area contributed by atoms with Crippen LogP contribution in [0.25, 0.3) is 0 Å². The van der Waals surface area contributed by atoms with Crippen LogP contribution in [-0.4, -0.2) is 82.3 Å². The molecular formula is C21H32ClN5O4S. The van der Waals surface area contributed by atoms with Gasteiger partial charge in [-0.1, -0.05) is 20.3 Å². The van der Waals surface area contributed by atoms with Crippen LogP contribution < -0.4 is 0 Å². The summed E-state index contributed by atoms with van der Waals surface area (Å²) in [7, 11) is -3.69. The predicted octanol–water partition coefficient (Wildman–Crippen LogP) is 1.54. The minimum absolute atomic E-state index is 0. The number of amides is 2. The van der Waals surface area contributed by atoms with Crippen LogP contribution in [-0.2, 0) is 21.4 Å². The van der Waals surface area contributed by atoms with Crippen molar-refractivity contribution >= 4 is 34.2 Å². The highest BCUT2D eigenvalue weighted by molar-refractivity contribution is 7.88. The summed E-state index contributed by atoms with van der Waals surface area (Å²) in [6.07, 6.45) is 8.32. The number of sulfonamides is 1. The van der Waals surface area contributed by atoms with Crippen LogP contribution in [0.1, 0.15) is 55.7 Å². The minimum atomic E-state index is -3.69. The van der Waals surface area contributed by atoms with Crippen LogP contribution in [0.4, 0.5) is 0 Å². The molecule has 0 bridgehead atoms. The van der Waals surface area contributed by atoms with E-state index in [2.05, 4.69) is 14.9 Å². The van der Waals surface area contributed by atoms with E-state index in [1.807, 2.05) is 13.8 Å². The zero-order chi connectivity index (χ0) is 22.3. The molecule has 0 aliphatic carbocycles. The van der Waals surface area contributed by atoms with Gasteiger partial charge in [0.15, 0.2) is 0 Å². The van der Waals surface area contributed by atoms with Crippen molar-refractivity contribution in [1.82, 2.24) is 24.1 Å². The second kappa shape index (κ2) is 9.61. The number of rotatable bonds is 5. The molecule has 0 radical (unpaired) electrons. The van der Waals surface area contributed by atoms with Gasteiger partial charge in [-0.05, 0) is 38.3 Å². The first-order valence-electron chi connectivity index (χ1n) is 11.1. The molecule has 3 fully saturated rings. The Morgan fingerprint density at radius 3 is 2.38 bits per heavy atom. The number of piperidine rings is 1. The molecule has 1 aromatic rings. The largest absolute Gasteiger partial charge is 0.331 e. The fourth-order valence-electron chi connectivity index (χ4n) is 5.31. The number of hydrogen-bond acceptors (Lipinski definition) is 7. The van der Waals surface area contributed by atoms with E-state index in [-0.39, 0.29) is 29.9 Å². The topological polar surface area (TPSA) is 104 Å². The number of halogens is 1. The number of fused-ring (bicyclic) bond motifs is 1. The number of carbonyl (C=O) groups is 2. The summed E-state index contributed by atoms with van der Waals surface area (Å²) in [5, 5.41) is 0. The maximum Gasteiger partial charge on any atom is 0.274 e. The molecule has 0 spiro atoms. The van der Waals surface area contributed by atoms with E-state index in [0.29, 0.717) is 13.0 Å². The highest BCUT2D eigenvalue weighted by atomic mass is 35.5. The first kappa shape index (κ1) is 24.9. The molecule has 1 aromatic heterocycles. The zero-order valence-electron chi connectivity index (χ0n) is 18.8. The molecule has 0 aromatic carbocycles. The first-order chi connectivity index (χ1) is 14.7. The van der Waals surface area contributed by atoms with Gasteiger partial charge in [0.2, 0.25) is 15.9 Å². The molecule has 2 amide bonds. The Labute approximate surface area is 196 Å². The summed E-state index contributed by atoms with van der Waals surface area (Å²) in [6, 6.07) is -0.977. The highest BCUT2D eigenvalue weighted by Gasteiger charge is 2.58. The van der Waals surface area contributed by atoms with Crippen LogP contribution in [0.5, 0.6) is 0 Å². The minimum Gasteiger partial charge on any atom is -0.331 e. The fraction of sp³-hybridized carbons (Fsp3) is 0.714. The number of carbonyl (C=O) groups excluding carboxylic acids is 2. The quantitative estimate of drug-likeness (QED) is 0.623. The van der Waals surface area contributed by atoms with Gasteiger partial charge in [-0.3, -0.25) is 19.5 Å². The molecule has 32 heavy (non-hydrogen) atoms. The van der Waals surface area contributed by atoms with Gasteiger partial charge in [0.25, 0.3) is 5.91 Å². The van der Waals surface area contributed by atoms with Crippen molar-refractivity contribution in [2.75, 3.05) is 25.9 Å². The summed E-state index contributed by atoms with van der Waals surface area (Å²) in [5.74, 6) is -1.33. The third-order valence-corrected chi connectivity index (χ3v) is 7.85. The lowest BCUT2D eigenvalue weighted by atomic mass is 9.88. The van der Waals surface area contributed by atoms with Gasteiger partial charge in [-0.2, -0.15) is 0 Å². The third-order valence-electron chi connectivity index (χ3n) is 6.69. The second-order valence-corrected chi connectivity index (χ2v) is 11.1. The Morgan fingerprint density at radius 2 is 1.81 bits per heavy atom. The molecular weight excluding hydrogens is 454 g/mol. The van der Waals surface area contributed by atoms with Gasteiger partial charge < -0.3 is 4.90 Å². The standard InChI is InChI=1S/C21H31N5O4S.ClH/c1-14(2)18-19-17(26(21(18)28)31(3,29)30)7-10-25(19)20(27)16-12-22-15(11-23-16)13-24-8-5-4-6-9-24;/h11-12,14,17-19H,4-10,13H2,1-3H3;1H/t17-,18+,19-;/m0./s1. The number of hydrogen-bond donors (Lipinski definition) is 0. The van der Waals surface area contributed by atoms with Crippen molar-refractivity contribution in [2.45, 2.75) is 58.2 Å². The average Bonchev–Trinajstić information content (AvgIpc) is 3.24. The lowest BCUT2D eigenvalue weighted by Crippen LogP contribution is -2.44. The molecule has 3 aliphatic heterocycles. The van der Waals surface area contributed by atoms with E-state index in [1.165, 1.54) is 25.5 Å². The molecule has 0 N–H and O–H groups in total. The number of nitrogens with zero attached hydrogens (tertiary/aromatic N) is 5. The summed E-state index contributed by atoms with van der Waals surface area (Å²) in [5.41, 5.74) is 1.06. The van der Waals surface area contributed by atoms with Crippen molar-refractivity contribution in [3.05, 3.63) is 23.8 Å². The number of aromatic nitrogens is 2. The zero-order valence-corrected chi connectivity index (χ0v) is 20.4. The molecule has 0 saturated carbocycles. The highest BCUT2D eigenvalue weighted by Crippen LogP contribution is 2.41. The maximum absolute atomic E-state index is 13.3. The van der Waals surface area contributed by atoms with Gasteiger partial charge >= 0.3 is 0 Å². The lowest BCUT2D eigenvalue weighted by Gasteiger charge is -2.29. The van der Waals surface area contributed by atoms with Crippen LogP contribution in [0.3, 0.4) is 0 Å². The Hall–Kier alpha value is -1.78. The van der Waals surface area contributed by atoms with Crippen LogP contribution in [0, 0.1) is 11.8 Å². The second-order valence-electron chi connectivity index (χ2n) is 9.24. The van der Waals surface area contributed by atoms with Crippen molar-refractivity contribution in [2.24, 2.45) is 11.8 Å². The fourth-order valence-corrected chi connectivity index (χ4v) is 6.48. The Kier molecular flexibility index (Phi) is 7.46. The molecule has 3 atom stereocenters. The lowest BCUT2D eigenvalue weighted by molar-refractivity contribution is -0.129. The summed E-state index contributed by atoms with van der Waals surface area (Å²) < 4.78 is 25.6. The van der Waals surface area contributed by atoms with Crippen LogP contribution >= 0.6 is 12.4 Å². The van der Waals surface area contributed by atoms with Crippen molar-refractivity contribution in [3.8, 4) is 0 Å². The maximum atomic E-state index is 13.3. The normalized spacial score (nSPS) is 26.4. The molecule has 3 aliphatic rings. The molecule has 9 nitrogen and oxygen atoms in total. The smallest absolute Gasteiger partial charge is 0.274 e. The van der Waals surface area contributed by atoms with E-state index in [0.717, 1.165) is 35.9 Å². The van der Waals surface area contributed by atoms with E-state index >= 15 is 0 Å². The molecule has 4 rings (SSSR count). The molecule has 178 valence electrons. The monoisotopic (exact) mass is 485 g/mol. The molecule has 4 heterocycles. The Balaban J connectivity index is 0.00000289. The van der Waals surface area contributed by atoms with Gasteiger partial charge in [-0.15, -0.1) is 12.4 Å². The third kappa shape index (κ3) is 4.63.